The average molecular weight is 244 g/mol. The fourth-order valence-electron chi connectivity index (χ4n) is 3.09. The normalized spacial score (nSPS) is 26.1. The molecule has 18 heavy (non-hydrogen) atoms. The van der Waals surface area contributed by atoms with Crippen LogP contribution in [0.2, 0.25) is 0 Å². The SMILES string of the molecule is Cc1ncccc1C1=C[C@@H]2CN(C(=O)O)C[C@@H]2C1. The van der Waals surface area contributed by atoms with Crippen molar-refractivity contribution in [3.63, 3.8) is 0 Å². The highest BCUT2D eigenvalue weighted by atomic mass is 16.4. The van der Waals surface area contributed by atoms with E-state index in [0.717, 1.165) is 12.1 Å². The van der Waals surface area contributed by atoms with Crippen molar-refractivity contribution in [2.24, 2.45) is 11.8 Å². The number of carbonyl (C=O) groups is 1. The third-order valence-electron chi connectivity index (χ3n) is 4.01. The Kier molecular flexibility index (Phi) is 2.58. The number of hydrogen-bond acceptors (Lipinski definition) is 2. The lowest BCUT2D eigenvalue weighted by Gasteiger charge is -2.13. The maximum Gasteiger partial charge on any atom is 0.407 e. The van der Waals surface area contributed by atoms with Crippen LogP contribution in [0.3, 0.4) is 0 Å². The molecule has 4 nitrogen and oxygen atoms in total. The molecular formula is C14H16N2O2. The van der Waals surface area contributed by atoms with Crippen LogP contribution < -0.4 is 0 Å². The largest absolute Gasteiger partial charge is 0.465 e. The van der Waals surface area contributed by atoms with Gasteiger partial charge in [0.1, 0.15) is 0 Å². The zero-order valence-electron chi connectivity index (χ0n) is 10.3. The smallest absolute Gasteiger partial charge is 0.407 e. The first-order chi connectivity index (χ1) is 8.65. The monoisotopic (exact) mass is 244 g/mol. The van der Waals surface area contributed by atoms with Crippen molar-refractivity contribution >= 4 is 11.7 Å². The van der Waals surface area contributed by atoms with Gasteiger partial charge in [-0.1, -0.05) is 12.1 Å². The molecule has 0 radical (unpaired) electrons. The van der Waals surface area contributed by atoms with Gasteiger partial charge in [0.2, 0.25) is 0 Å². The number of aromatic nitrogens is 1. The number of nitrogens with zero attached hydrogens (tertiary/aromatic N) is 2. The Labute approximate surface area is 106 Å². The average Bonchev–Trinajstić information content (AvgIpc) is 2.87. The van der Waals surface area contributed by atoms with Gasteiger partial charge in [-0.15, -0.1) is 0 Å². The zero-order valence-corrected chi connectivity index (χ0v) is 10.3. The minimum absolute atomic E-state index is 0.385. The molecule has 1 aliphatic carbocycles. The summed E-state index contributed by atoms with van der Waals surface area (Å²) >= 11 is 0. The first-order valence-electron chi connectivity index (χ1n) is 6.25. The van der Waals surface area contributed by atoms with Gasteiger partial charge in [0, 0.05) is 25.0 Å². The van der Waals surface area contributed by atoms with E-state index in [4.69, 9.17) is 5.11 Å². The molecule has 0 spiro atoms. The molecular weight excluding hydrogens is 228 g/mol. The maximum atomic E-state index is 10.9. The molecule has 4 heteroatoms. The second-order valence-corrected chi connectivity index (χ2v) is 5.14. The lowest BCUT2D eigenvalue weighted by Crippen LogP contribution is -2.27. The number of carboxylic acid groups (broad SMARTS) is 1. The summed E-state index contributed by atoms with van der Waals surface area (Å²) in [5.41, 5.74) is 3.60. The molecule has 2 atom stereocenters. The van der Waals surface area contributed by atoms with E-state index in [1.807, 2.05) is 13.0 Å². The van der Waals surface area contributed by atoms with E-state index in [2.05, 4.69) is 17.1 Å². The molecule has 94 valence electrons. The van der Waals surface area contributed by atoms with Crippen molar-refractivity contribution in [1.29, 1.82) is 0 Å². The van der Waals surface area contributed by atoms with Crippen LogP contribution in [-0.4, -0.2) is 34.2 Å². The van der Waals surface area contributed by atoms with Crippen molar-refractivity contribution in [2.45, 2.75) is 13.3 Å². The van der Waals surface area contributed by atoms with Crippen LogP contribution in [0.25, 0.3) is 5.57 Å². The van der Waals surface area contributed by atoms with E-state index in [1.54, 1.807) is 6.20 Å². The number of amides is 1. The van der Waals surface area contributed by atoms with Gasteiger partial charge in [0.25, 0.3) is 0 Å². The summed E-state index contributed by atoms with van der Waals surface area (Å²) in [6, 6.07) is 4.06. The summed E-state index contributed by atoms with van der Waals surface area (Å²) < 4.78 is 0. The number of pyridine rings is 1. The van der Waals surface area contributed by atoms with Crippen molar-refractivity contribution < 1.29 is 9.90 Å². The van der Waals surface area contributed by atoms with Gasteiger partial charge in [0.15, 0.2) is 0 Å². The Morgan fingerprint density at radius 2 is 2.33 bits per heavy atom. The zero-order chi connectivity index (χ0) is 12.7. The Morgan fingerprint density at radius 3 is 3.00 bits per heavy atom. The van der Waals surface area contributed by atoms with Crippen molar-refractivity contribution in [3.8, 4) is 0 Å². The third kappa shape index (κ3) is 1.78. The predicted molar refractivity (Wildman–Crippen MR) is 68.1 cm³/mol. The first-order valence-corrected chi connectivity index (χ1v) is 6.25. The minimum atomic E-state index is -0.795. The molecule has 0 bridgehead atoms. The van der Waals surface area contributed by atoms with Crippen LogP contribution >= 0.6 is 0 Å². The fourth-order valence-corrected chi connectivity index (χ4v) is 3.09. The van der Waals surface area contributed by atoms with E-state index in [0.29, 0.717) is 24.9 Å². The highest BCUT2D eigenvalue weighted by Crippen LogP contribution is 2.41. The lowest BCUT2D eigenvalue weighted by atomic mass is 9.98. The molecule has 1 fully saturated rings. The van der Waals surface area contributed by atoms with Crippen molar-refractivity contribution in [3.05, 3.63) is 35.7 Å². The van der Waals surface area contributed by atoms with Gasteiger partial charge in [-0.25, -0.2) is 4.79 Å². The van der Waals surface area contributed by atoms with Crippen LogP contribution in [0.5, 0.6) is 0 Å². The number of hydrogen-bond donors (Lipinski definition) is 1. The summed E-state index contributed by atoms with van der Waals surface area (Å²) in [4.78, 5) is 16.8. The van der Waals surface area contributed by atoms with Gasteiger partial charge >= 0.3 is 6.09 Å². The summed E-state index contributed by atoms with van der Waals surface area (Å²) in [7, 11) is 0. The van der Waals surface area contributed by atoms with Gasteiger partial charge in [-0.2, -0.15) is 0 Å². The van der Waals surface area contributed by atoms with E-state index >= 15 is 0 Å². The van der Waals surface area contributed by atoms with E-state index in [9.17, 15) is 4.79 Å². The number of likely N-dealkylation sites (tertiary alicyclic amines) is 1. The quantitative estimate of drug-likeness (QED) is 0.825. The van der Waals surface area contributed by atoms with E-state index < -0.39 is 6.09 Å². The molecule has 1 aliphatic heterocycles. The number of fused-ring (bicyclic) bond motifs is 1. The third-order valence-corrected chi connectivity index (χ3v) is 4.01. The fraction of sp³-hybridized carbons (Fsp3) is 0.429. The van der Waals surface area contributed by atoms with E-state index in [1.165, 1.54) is 16.0 Å². The van der Waals surface area contributed by atoms with Crippen LogP contribution in [0.1, 0.15) is 17.7 Å². The summed E-state index contributed by atoms with van der Waals surface area (Å²) in [5.74, 6) is 0.839. The highest BCUT2D eigenvalue weighted by Gasteiger charge is 2.38. The molecule has 2 heterocycles. The molecule has 0 aromatic carbocycles. The molecule has 0 unspecified atom stereocenters. The van der Waals surface area contributed by atoms with Gasteiger partial charge in [-0.3, -0.25) is 4.98 Å². The number of rotatable bonds is 1. The van der Waals surface area contributed by atoms with Gasteiger partial charge in [0.05, 0.1) is 0 Å². The second kappa shape index (κ2) is 4.12. The Bertz CT molecular complexity index is 524. The number of allylic oxidation sites excluding steroid dienone is 1. The molecule has 1 N–H and O–H groups in total. The Morgan fingerprint density at radius 1 is 1.50 bits per heavy atom. The van der Waals surface area contributed by atoms with E-state index in [-0.39, 0.29) is 0 Å². The highest BCUT2D eigenvalue weighted by molar-refractivity contribution is 5.71. The molecule has 1 amide bonds. The van der Waals surface area contributed by atoms with Crippen LogP contribution in [0.4, 0.5) is 4.79 Å². The lowest BCUT2D eigenvalue weighted by molar-refractivity contribution is 0.153. The minimum Gasteiger partial charge on any atom is -0.465 e. The number of aryl methyl sites for hydroxylation is 1. The molecule has 3 rings (SSSR count). The molecule has 1 aromatic rings. The standard InChI is InChI=1S/C14H16N2O2/c1-9-13(3-2-4-15-9)10-5-11-7-16(14(17)18)8-12(11)6-10/h2-5,11-12H,6-8H2,1H3,(H,17,18)/t11-,12+/m1/s1. The summed E-state index contributed by atoms with van der Waals surface area (Å²) in [6.45, 7) is 3.33. The van der Waals surface area contributed by atoms with Crippen molar-refractivity contribution in [1.82, 2.24) is 9.88 Å². The van der Waals surface area contributed by atoms with Crippen molar-refractivity contribution in [2.75, 3.05) is 13.1 Å². The topological polar surface area (TPSA) is 53.4 Å². The molecule has 2 aliphatic rings. The predicted octanol–water partition coefficient (Wildman–Crippen LogP) is 2.40. The van der Waals surface area contributed by atoms with Crippen LogP contribution in [0, 0.1) is 18.8 Å². The summed E-state index contributed by atoms with van der Waals surface area (Å²) in [5, 5.41) is 8.99. The van der Waals surface area contributed by atoms with Gasteiger partial charge in [-0.05, 0) is 42.4 Å². The summed E-state index contributed by atoms with van der Waals surface area (Å²) in [6.07, 6.45) is 4.23. The maximum absolute atomic E-state index is 10.9. The Hall–Kier alpha value is -1.84. The Balaban J connectivity index is 1.82. The van der Waals surface area contributed by atoms with Crippen LogP contribution in [-0.2, 0) is 0 Å². The van der Waals surface area contributed by atoms with Gasteiger partial charge < -0.3 is 10.0 Å². The molecule has 1 aromatic heterocycles. The first kappa shape index (κ1) is 11.3. The molecule has 1 saturated heterocycles. The molecule has 0 saturated carbocycles. The second-order valence-electron chi connectivity index (χ2n) is 5.14. The van der Waals surface area contributed by atoms with Crippen LogP contribution in [0.15, 0.2) is 24.4 Å².